The highest BCUT2D eigenvalue weighted by molar-refractivity contribution is 6.74. The molecule has 0 aromatic heterocycles. The van der Waals surface area contributed by atoms with E-state index in [-0.39, 0.29) is 10.5 Å². The van der Waals surface area contributed by atoms with Gasteiger partial charge in [-0.05, 0) is 115 Å². The molecule has 4 rings (SSSR count). The van der Waals surface area contributed by atoms with Crippen molar-refractivity contribution in [3.8, 4) is 0 Å². The number of fused-ring (bicyclic) bond motifs is 5. The van der Waals surface area contributed by atoms with Crippen LogP contribution in [-0.2, 0) is 9.22 Å². The molecule has 7 atom stereocenters. The molecule has 3 heteroatoms. The minimum Gasteiger partial charge on any atom is -0.541 e. The SMILES string of the molecule is CC(C)CCC[C@@H](C)[C@H]1CC[C@H]2[C@@H]3CCC4=C(O[Si](C)(C)C(C)(C)C)C(=O)CC[C@]4(C)[C@H]3CC[C@]12C. The average molecular weight is 515 g/mol. The van der Waals surface area contributed by atoms with Gasteiger partial charge in [-0.2, -0.15) is 0 Å². The van der Waals surface area contributed by atoms with Gasteiger partial charge in [-0.15, -0.1) is 0 Å². The first-order valence-corrected chi connectivity index (χ1v) is 18.5. The Hall–Kier alpha value is -0.573. The van der Waals surface area contributed by atoms with Crippen molar-refractivity contribution in [2.24, 2.45) is 46.3 Å². The summed E-state index contributed by atoms with van der Waals surface area (Å²) in [5, 5.41) is 0.114. The summed E-state index contributed by atoms with van der Waals surface area (Å²) < 4.78 is 6.85. The van der Waals surface area contributed by atoms with Crippen molar-refractivity contribution in [1.82, 2.24) is 0 Å². The Kier molecular flexibility index (Phi) is 7.80. The molecule has 0 heterocycles. The molecule has 3 fully saturated rings. The van der Waals surface area contributed by atoms with Crippen molar-refractivity contribution in [3.63, 3.8) is 0 Å². The monoisotopic (exact) mass is 514 g/mol. The zero-order chi connectivity index (χ0) is 26.7. The van der Waals surface area contributed by atoms with Gasteiger partial charge < -0.3 is 4.43 Å². The Bertz CT molecular complexity index is 863. The third kappa shape index (κ3) is 4.82. The van der Waals surface area contributed by atoms with Crippen molar-refractivity contribution in [3.05, 3.63) is 11.3 Å². The fourth-order valence-corrected chi connectivity index (χ4v) is 10.3. The third-order valence-corrected chi connectivity index (χ3v) is 16.8. The summed E-state index contributed by atoms with van der Waals surface area (Å²) in [6.07, 6.45) is 13.9. The van der Waals surface area contributed by atoms with E-state index in [1.165, 1.54) is 56.9 Å². The third-order valence-electron chi connectivity index (χ3n) is 12.4. The molecule has 0 aliphatic heterocycles. The van der Waals surface area contributed by atoms with Crippen molar-refractivity contribution in [2.45, 2.75) is 144 Å². The van der Waals surface area contributed by atoms with Crippen LogP contribution in [0.3, 0.4) is 0 Å². The van der Waals surface area contributed by atoms with Crippen LogP contribution in [0, 0.1) is 46.3 Å². The minimum absolute atomic E-state index is 0.114. The fourth-order valence-electron chi connectivity index (χ4n) is 9.22. The normalized spacial score (nSPS) is 38.0. The maximum atomic E-state index is 13.3. The first kappa shape index (κ1) is 28.4. The number of Topliss-reactive ketones (excluding diaryl/α,β-unsaturated/α-hetero) is 1. The number of carbonyl (C=O) groups is 1. The molecular weight excluding hydrogens is 456 g/mol. The van der Waals surface area contributed by atoms with Gasteiger partial charge in [0, 0.05) is 6.42 Å². The second-order valence-electron chi connectivity index (χ2n) is 16.0. The summed E-state index contributed by atoms with van der Waals surface area (Å²) in [5.74, 6) is 6.18. The number of ketones is 1. The molecule has 36 heavy (non-hydrogen) atoms. The molecule has 0 saturated heterocycles. The Morgan fingerprint density at radius 2 is 1.64 bits per heavy atom. The van der Waals surface area contributed by atoms with Crippen LogP contribution in [0.2, 0.25) is 18.1 Å². The van der Waals surface area contributed by atoms with Crippen LogP contribution in [0.25, 0.3) is 0 Å². The second-order valence-corrected chi connectivity index (χ2v) is 20.7. The molecule has 4 aliphatic carbocycles. The summed E-state index contributed by atoms with van der Waals surface area (Å²) in [5.41, 5.74) is 2.11. The molecule has 2 nitrogen and oxygen atoms in total. The summed E-state index contributed by atoms with van der Waals surface area (Å²) in [4.78, 5) is 13.3. The molecule has 0 aromatic carbocycles. The van der Waals surface area contributed by atoms with Crippen LogP contribution < -0.4 is 0 Å². The van der Waals surface area contributed by atoms with E-state index >= 15 is 0 Å². The van der Waals surface area contributed by atoms with Gasteiger partial charge in [0.2, 0.25) is 0 Å². The molecule has 0 spiro atoms. The molecule has 206 valence electrons. The summed E-state index contributed by atoms with van der Waals surface area (Å²) in [6.45, 7) is 24.0. The van der Waals surface area contributed by atoms with Gasteiger partial charge >= 0.3 is 0 Å². The van der Waals surface area contributed by atoms with Crippen LogP contribution in [-0.4, -0.2) is 14.1 Å². The molecule has 4 aliphatic rings. The lowest BCUT2D eigenvalue weighted by molar-refractivity contribution is -0.121. The summed E-state index contributed by atoms with van der Waals surface area (Å²) >= 11 is 0. The zero-order valence-corrected chi connectivity index (χ0v) is 26.6. The van der Waals surface area contributed by atoms with E-state index in [4.69, 9.17) is 4.43 Å². The van der Waals surface area contributed by atoms with E-state index < -0.39 is 8.32 Å². The number of hydrogen-bond donors (Lipinski definition) is 0. The minimum atomic E-state index is -2.04. The van der Waals surface area contributed by atoms with Crippen LogP contribution in [0.4, 0.5) is 0 Å². The van der Waals surface area contributed by atoms with E-state index in [0.29, 0.717) is 17.6 Å². The van der Waals surface area contributed by atoms with Gasteiger partial charge in [-0.1, -0.05) is 74.7 Å². The second kappa shape index (κ2) is 9.87. The van der Waals surface area contributed by atoms with Crippen LogP contribution in [0.1, 0.15) is 126 Å². The smallest absolute Gasteiger partial charge is 0.250 e. The first-order valence-electron chi connectivity index (χ1n) is 15.6. The lowest BCUT2D eigenvalue weighted by atomic mass is 9.46. The summed E-state index contributed by atoms with van der Waals surface area (Å²) in [7, 11) is -2.04. The number of allylic oxidation sites excluding steroid dienone is 1. The number of hydrogen-bond acceptors (Lipinski definition) is 2. The lowest BCUT2D eigenvalue weighted by Gasteiger charge is -2.59. The molecule has 3 saturated carbocycles. The standard InChI is InChI=1S/C33H58O2Si/c1-22(2)12-11-13-23(3)25-16-17-26-24-14-15-28-30(35-36(9,10)31(4,5)6)29(34)19-21-33(28,8)27(24)18-20-32(25,26)7/h22-27H,11-21H2,1-10H3/t23-,24+,25-,26+,27+,32-,33-/m1/s1. The molecule has 0 bridgehead atoms. The Labute approximate surface area is 224 Å². The molecular formula is C33H58O2Si. The Morgan fingerprint density at radius 1 is 0.944 bits per heavy atom. The molecule has 0 aromatic rings. The Morgan fingerprint density at radius 3 is 2.28 bits per heavy atom. The predicted molar refractivity (Wildman–Crippen MR) is 155 cm³/mol. The molecule has 0 unspecified atom stereocenters. The van der Waals surface area contributed by atoms with E-state index in [0.717, 1.165) is 54.1 Å². The highest BCUT2D eigenvalue weighted by Gasteiger charge is 2.60. The van der Waals surface area contributed by atoms with Crippen molar-refractivity contribution in [2.75, 3.05) is 0 Å². The van der Waals surface area contributed by atoms with Gasteiger partial charge in [0.15, 0.2) is 5.78 Å². The maximum absolute atomic E-state index is 13.3. The van der Waals surface area contributed by atoms with E-state index in [1.54, 1.807) is 0 Å². The highest BCUT2D eigenvalue weighted by Crippen LogP contribution is 2.68. The van der Waals surface area contributed by atoms with Gasteiger partial charge in [-0.25, -0.2) is 0 Å². The maximum Gasteiger partial charge on any atom is 0.250 e. The quantitative estimate of drug-likeness (QED) is 0.316. The van der Waals surface area contributed by atoms with Crippen LogP contribution in [0.15, 0.2) is 11.3 Å². The highest BCUT2D eigenvalue weighted by atomic mass is 28.4. The molecule has 0 amide bonds. The van der Waals surface area contributed by atoms with Crippen LogP contribution in [0.5, 0.6) is 0 Å². The van der Waals surface area contributed by atoms with Gasteiger partial charge in [0.1, 0.15) is 5.76 Å². The van der Waals surface area contributed by atoms with Gasteiger partial charge in [0.25, 0.3) is 8.32 Å². The fraction of sp³-hybridized carbons (Fsp3) is 0.909. The van der Waals surface area contributed by atoms with Gasteiger partial charge in [-0.3, -0.25) is 4.79 Å². The zero-order valence-electron chi connectivity index (χ0n) is 25.6. The topological polar surface area (TPSA) is 26.3 Å². The van der Waals surface area contributed by atoms with Crippen LogP contribution >= 0.6 is 0 Å². The number of carbonyl (C=O) groups excluding carboxylic acids is 1. The predicted octanol–water partition coefficient (Wildman–Crippen LogP) is 9.95. The lowest BCUT2D eigenvalue weighted by Crippen LogP contribution is -2.52. The van der Waals surface area contributed by atoms with Crippen molar-refractivity contribution < 1.29 is 9.22 Å². The van der Waals surface area contributed by atoms with Crippen molar-refractivity contribution >= 4 is 14.1 Å². The molecule has 0 radical (unpaired) electrons. The molecule has 0 N–H and O–H groups in total. The average Bonchev–Trinajstić information content (AvgIpc) is 3.12. The van der Waals surface area contributed by atoms with E-state index in [9.17, 15) is 4.79 Å². The Balaban J connectivity index is 1.56. The van der Waals surface area contributed by atoms with Crippen molar-refractivity contribution in [1.29, 1.82) is 0 Å². The summed E-state index contributed by atoms with van der Waals surface area (Å²) in [6, 6.07) is 0. The van der Waals surface area contributed by atoms with E-state index in [1.807, 2.05) is 0 Å². The van der Waals surface area contributed by atoms with Gasteiger partial charge in [0.05, 0.1) is 0 Å². The van der Waals surface area contributed by atoms with E-state index in [2.05, 4.69) is 68.5 Å². The first-order chi connectivity index (χ1) is 16.6. The largest absolute Gasteiger partial charge is 0.541 e. The number of rotatable bonds is 7.